The highest BCUT2D eigenvalue weighted by Gasteiger charge is 2.08. The minimum atomic E-state index is -0.365. The van der Waals surface area contributed by atoms with Crippen molar-refractivity contribution in [1.82, 2.24) is 15.0 Å². The van der Waals surface area contributed by atoms with E-state index in [9.17, 15) is 4.39 Å². The van der Waals surface area contributed by atoms with Gasteiger partial charge >= 0.3 is 0 Å². The number of aromatic nitrogens is 3. The molecule has 0 amide bonds. The third-order valence-corrected chi connectivity index (χ3v) is 3.38. The molecule has 3 rings (SSSR count). The first-order valence-electron chi connectivity index (χ1n) is 6.96. The Morgan fingerprint density at radius 3 is 2.86 bits per heavy atom. The molecule has 1 N–H and O–H groups in total. The Labute approximate surface area is 128 Å². The second-order valence-electron chi connectivity index (χ2n) is 5.05. The van der Waals surface area contributed by atoms with Crippen LogP contribution in [0.4, 0.5) is 4.39 Å². The highest BCUT2D eigenvalue weighted by Crippen LogP contribution is 2.21. The Kier molecular flexibility index (Phi) is 3.87. The van der Waals surface area contributed by atoms with Crippen LogP contribution in [0.2, 0.25) is 0 Å². The van der Waals surface area contributed by atoms with Gasteiger partial charge in [0, 0.05) is 12.1 Å². The van der Waals surface area contributed by atoms with Crippen LogP contribution in [0.15, 0.2) is 42.6 Å². The number of hydrogen-bond donors (Lipinski definition) is 1. The van der Waals surface area contributed by atoms with Crippen molar-refractivity contribution in [3.63, 3.8) is 0 Å². The quantitative estimate of drug-likeness (QED) is 0.801. The van der Waals surface area contributed by atoms with Gasteiger partial charge in [0.1, 0.15) is 5.82 Å². The number of nitrogens with one attached hydrogen (secondary N) is 1. The summed E-state index contributed by atoms with van der Waals surface area (Å²) < 4.78 is 18.4. The van der Waals surface area contributed by atoms with Gasteiger partial charge in [0.2, 0.25) is 0 Å². The number of aryl methyl sites for hydroxylation is 1. The summed E-state index contributed by atoms with van der Waals surface area (Å²) in [5.74, 6) is 0.673. The summed E-state index contributed by atoms with van der Waals surface area (Å²) in [6.07, 6.45) is 2.33. The number of imidazole rings is 1. The molecule has 1 aromatic carbocycles. The Hall–Kier alpha value is -2.69. The van der Waals surface area contributed by atoms with E-state index in [1.807, 2.05) is 25.1 Å². The van der Waals surface area contributed by atoms with Crippen molar-refractivity contribution < 1.29 is 9.13 Å². The molecule has 0 fully saturated rings. The van der Waals surface area contributed by atoms with Gasteiger partial charge < -0.3 is 9.72 Å². The first-order valence-corrected chi connectivity index (χ1v) is 6.96. The molecule has 2 aromatic heterocycles. The van der Waals surface area contributed by atoms with Crippen molar-refractivity contribution in [1.29, 1.82) is 0 Å². The Morgan fingerprint density at radius 1 is 1.23 bits per heavy atom. The lowest BCUT2D eigenvalue weighted by molar-refractivity contribution is 0.386. The average Bonchev–Trinajstić information content (AvgIpc) is 2.98. The highest BCUT2D eigenvalue weighted by molar-refractivity contribution is 5.53. The molecule has 22 heavy (non-hydrogen) atoms. The van der Waals surface area contributed by atoms with Gasteiger partial charge in [0.25, 0.3) is 0 Å². The largest absolute Gasteiger partial charge is 0.494 e. The number of halogens is 1. The molecule has 0 spiro atoms. The third-order valence-electron chi connectivity index (χ3n) is 3.38. The van der Waals surface area contributed by atoms with Gasteiger partial charge in [0.15, 0.2) is 11.6 Å². The van der Waals surface area contributed by atoms with Crippen LogP contribution in [-0.4, -0.2) is 22.1 Å². The molecule has 112 valence electrons. The number of hydrogen-bond acceptors (Lipinski definition) is 3. The molecule has 0 saturated carbocycles. The summed E-state index contributed by atoms with van der Waals surface area (Å²) in [6, 6.07) is 10.7. The summed E-state index contributed by atoms with van der Waals surface area (Å²) in [7, 11) is 1.45. The maximum Gasteiger partial charge on any atom is 0.165 e. The van der Waals surface area contributed by atoms with Crippen LogP contribution in [0.1, 0.15) is 17.1 Å². The molecule has 0 unspecified atom stereocenters. The zero-order valence-electron chi connectivity index (χ0n) is 12.4. The molecule has 0 aliphatic heterocycles. The SMILES string of the molecule is COc1cc(Cc2ncc(-c3cccc(C)n3)[nH]2)ccc1F. The summed E-state index contributed by atoms with van der Waals surface area (Å²) in [5, 5.41) is 0. The zero-order valence-corrected chi connectivity index (χ0v) is 12.4. The normalized spacial score (nSPS) is 10.7. The van der Waals surface area contributed by atoms with E-state index < -0.39 is 0 Å². The Morgan fingerprint density at radius 2 is 2.09 bits per heavy atom. The topological polar surface area (TPSA) is 50.8 Å². The Bertz CT molecular complexity index is 798. The van der Waals surface area contributed by atoms with E-state index in [0.717, 1.165) is 28.5 Å². The number of nitrogens with zero attached hydrogens (tertiary/aromatic N) is 2. The highest BCUT2D eigenvalue weighted by atomic mass is 19.1. The molecule has 4 nitrogen and oxygen atoms in total. The monoisotopic (exact) mass is 297 g/mol. The number of benzene rings is 1. The molecule has 0 aliphatic rings. The van der Waals surface area contributed by atoms with Crippen molar-refractivity contribution in [2.75, 3.05) is 7.11 Å². The van der Waals surface area contributed by atoms with E-state index in [1.165, 1.54) is 13.2 Å². The summed E-state index contributed by atoms with van der Waals surface area (Å²) in [6.45, 7) is 1.95. The smallest absolute Gasteiger partial charge is 0.165 e. The third kappa shape index (κ3) is 2.98. The molecule has 5 heteroatoms. The van der Waals surface area contributed by atoms with Gasteiger partial charge in [-0.2, -0.15) is 0 Å². The lowest BCUT2D eigenvalue weighted by Crippen LogP contribution is -1.94. The van der Waals surface area contributed by atoms with Gasteiger partial charge in [-0.25, -0.2) is 9.37 Å². The lowest BCUT2D eigenvalue weighted by Gasteiger charge is -2.04. The van der Waals surface area contributed by atoms with E-state index in [0.29, 0.717) is 6.42 Å². The van der Waals surface area contributed by atoms with Crippen molar-refractivity contribution in [3.05, 3.63) is 65.5 Å². The predicted octanol–water partition coefficient (Wildman–Crippen LogP) is 3.52. The molecule has 0 saturated heterocycles. The van der Waals surface area contributed by atoms with Crippen LogP contribution in [0.3, 0.4) is 0 Å². The maximum absolute atomic E-state index is 13.4. The fraction of sp³-hybridized carbons (Fsp3) is 0.176. The number of ether oxygens (including phenoxy) is 1. The molecule has 0 atom stereocenters. The van der Waals surface area contributed by atoms with Crippen molar-refractivity contribution in [2.24, 2.45) is 0 Å². The molecule has 0 bridgehead atoms. The number of methoxy groups -OCH3 is 1. The van der Waals surface area contributed by atoms with E-state index >= 15 is 0 Å². The number of pyridine rings is 1. The van der Waals surface area contributed by atoms with Crippen LogP contribution in [-0.2, 0) is 6.42 Å². The molecular formula is C17H16FN3O. The van der Waals surface area contributed by atoms with Gasteiger partial charge in [-0.05, 0) is 36.8 Å². The van der Waals surface area contributed by atoms with E-state index in [-0.39, 0.29) is 11.6 Å². The fourth-order valence-electron chi connectivity index (χ4n) is 2.28. The summed E-state index contributed by atoms with van der Waals surface area (Å²) in [5.41, 5.74) is 3.61. The van der Waals surface area contributed by atoms with E-state index in [4.69, 9.17) is 4.74 Å². The molecule has 3 aromatic rings. The fourth-order valence-corrected chi connectivity index (χ4v) is 2.28. The van der Waals surface area contributed by atoms with Gasteiger partial charge in [-0.1, -0.05) is 12.1 Å². The maximum atomic E-state index is 13.4. The standard InChI is InChI=1S/C17H16FN3O/c1-11-4-3-5-14(20-11)15-10-19-17(21-15)9-12-6-7-13(18)16(8-12)22-2/h3-8,10H,9H2,1-2H3,(H,19,21). The van der Waals surface area contributed by atoms with Crippen LogP contribution in [0.25, 0.3) is 11.4 Å². The van der Waals surface area contributed by atoms with E-state index in [1.54, 1.807) is 18.3 Å². The summed E-state index contributed by atoms with van der Waals surface area (Å²) >= 11 is 0. The lowest BCUT2D eigenvalue weighted by atomic mass is 10.1. The second-order valence-corrected chi connectivity index (χ2v) is 5.05. The van der Waals surface area contributed by atoms with Crippen LogP contribution in [0.5, 0.6) is 5.75 Å². The summed E-state index contributed by atoms with van der Waals surface area (Å²) in [4.78, 5) is 12.1. The molecule has 2 heterocycles. The molecule has 0 radical (unpaired) electrons. The van der Waals surface area contributed by atoms with Gasteiger partial charge in [0.05, 0.1) is 24.7 Å². The molecule has 0 aliphatic carbocycles. The first-order chi connectivity index (χ1) is 10.7. The van der Waals surface area contributed by atoms with E-state index in [2.05, 4.69) is 15.0 Å². The van der Waals surface area contributed by atoms with Gasteiger partial charge in [-0.3, -0.25) is 4.98 Å². The number of aromatic amines is 1. The zero-order chi connectivity index (χ0) is 15.5. The van der Waals surface area contributed by atoms with Crippen LogP contribution >= 0.6 is 0 Å². The predicted molar refractivity (Wildman–Crippen MR) is 82.3 cm³/mol. The minimum absolute atomic E-state index is 0.240. The number of rotatable bonds is 4. The van der Waals surface area contributed by atoms with Gasteiger partial charge in [-0.15, -0.1) is 0 Å². The Balaban J connectivity index is 1.83. The van der Waals surface area contributed by atoms with Crippen molar-refractivity contribution in [2.45, 2.75) is 13.3 Å². The van der Waals surface area contributed by atoms with Crippen LogP contribution in [0, 0.1) is 12.7 Å². The van der Waals surface area contributed by atoms with Crippen molar-refractivity contribution >= 4 is 0 Å². The van der Waals surface area contributed by atoms with Crippen LogP contribution < -0.4 is 4.74 Å². The average molecular weight is 297 g/mol. The number of H-pyrrole nitrogens is 1. The minimum Gasteiger partial charge on any atom is -0.494 e. The van der Waals surface area contributed by atoms with Crippen molar-refractivity contribution in [3.8, 4) is 17.1 Å². The first kappa shape index (κ1) is 14.3. The molecular weight excluding hydrogens is 281 g/mol. The second kappa shape index (κ2) is 5.97.